The number of benzene rings is 1. The second-order valence-corrected chi connectivity index (χ2v) is 5.44. The van der Waals surface area contributed by atoms with Crippen molar-refractivity contribution in [3.63, 3.8) is 0 Å². The largest absolute Gasteiger partial charge is 0.493 e. The Bertz CT molecular complexity index is 492. The van der Waals surface area contributed by atoms with Crippen LogP contribution in [0.5, 0.6) is 11.5 Å². The molecule has 1 aromatic rings. The quantitative estimate of drug-likeness (QED) is 0.764. The molecule has 3 N–H and O–H groups in total. The van der Waals surface area contributed by atoms with E-state index in [1.807, 2.05) is 18.2 Å². The molecule has 1 saturated carbocycles. The van der Waals surface area contributed by atoms with E-state index in [1.165, 1.54) is 12.8 Å². The van der Waals surface area contributed by atoms with Crippen molar-refractivity contribution in [2.24, 2.45) is 11.7 Å². The second-order valence-electron chi connectivity index (χ2n) is 5.44. The lowest BCUT2D eigenvalue weighted by atomic mass is 10.1. The highest BCUT2D eigenvalue weighted by Gasteiger charge is 2.30. The molecule has 1 aromatic carbocycles. The van der Waals surface area contributed by atoms with Gasteiger partial charge in [0.2, 0.25) is 5.91 Å². The number of hydrogen-bond donors (Lipinski definition) is 2. The molecule has 1 fully saturated rings. The van der Waals surface area contributed by atoms with Crippen molar-refractivity contribution < 1.29 is 14.3 Å². The Morgan fingerprint density at radius 2 is 2.00 bits per heavy atom. The van der Waals surface area contributed by atoms with Crippen molar-refractivity contribution >= 4 is 18.3 Å². The molecule has 6 heteroatoms. The number of nitrogens with two attached hydrogens (primary N) is 1. The summed E-state index contributed by atoms with van der Waals surface area (Å²) in [5, 5.41) is 3.03. The van der Waals surface area contributed by atoms with Gasteiger partial charge in [0.05, 0.1) is 14.2 Å². The number of aryl methyl sites for hydroxylation is 1. The van der Waals surface area contributed by atoms with Crippen LogP contribution < -0.4 is 20.5 Å². The predicted molar refractivity (Wildman–Crippen MR) is 88.8 cm³/mol. The smallest absolute Gasteiger partial charge is 0.220 e. The van der Waals surface area contributed by atoms with E-state index in [-0.39, 0.29) is 24.4 Å². The van der Waals surface area contributed by atoms with Gasteiger partial charge in [-0.3, -0.25) is 4.79 Å². The number of halogens is 1. The van der Waals surface area contributed by atoms with Crippen LogP contribution in [0.1, 0.15) is 24.8 Å². The van der Waals surface area contributed by atoms with Gasteiger partial charge >= 0.3 is 0 Å². The summed E-state index contributed by atoms with van der Waals surface area (Å²) in [5.41, 5.74) is 6.75. The maximum absolute atomic E-state index is 12.0. The minimum atomic E-state index is 0. The van der Waals surface area contributed by atoms with E-state index in [0.29, 0.717) is 36.8 Å². The maximum atomic E-state index is 12.0. The molecule has 1 unspecified atom stereocenters. The number of methoxy groups -OCH3 is 2. The summed E-state index contributed by atoms with van der Waals surface area (Å²) in [7, 11) is 3.21. The van der Waals surface area contributed by atoms with Crippen molar-refractivity contribution in [2.45, 2.75) is 31.7 Å². The summed E-state index contributed by atoms with van der Waals surface area (Å²) in [4.78, 5) is 12.0. The summed E-state index contributed by atoms with van der Waals surface area (Å²) >= 11 is 0. The van der Waals surface area contributed by atoms with Crippen molar-refractivity contribution in [1.82, 2.24) is 5.32 Å². The van der Waals surface area contributed by atoms with Crippen molar-refractivity contribution in [3.8, 4) is 11.5 Å². The normalized spacial score (nSPS) is 14.7. The first kappa shape index (κ1) is 18.6. The molecule has 0 spiro atoms. The fourth-order valence-electron chi connectivity index (χ4n) is 2.44. The van der Waals surface area contributed by atoms with Gasteiger partial charge in [-0.05, 0) is 42.9 Å². The summed E-state index contributed by atoms with van der Waals surface area (Å²) in [5.74, 6) is 2.03. The zero-order chi connectivity index (χ0) is 15.2. The van der Waals surface area contributed by atoms with E-state index in [1.54, 1.807) is 14.2 Å². The highest BCUT2D eigenvalue weighted by Crippen LogP contribution is 2.32. The Labute approximate surface area is 138 Å². The Balaban J connectivity index is 0.00000242. The van der Waals surface area contributed by atoms with E-state index in [0.717, 1.165) is 5.56 Å². The van der Waals surface area contributed by atoms with E-state index in [2.05, 4.69) is 5.32 Å². The third kappa shape index (κ3) is 5.07. The first-order chi connectivity index (χ1) is 10.2. The van der Waals surface area contributed by atoms with Gasteiger partial charge in [0.15, 0.2) is 11.5 Å². The van der Waals surface area contributed by atoms with Gasteiger partial charge in [-0.1, -0.05) is 6.07 Å². The Morgan fingerprint density at radius 3 is 2.55 bits per heavy atom. The standard InChI is InChI=1S/C16H24N2O3.ClH/c1-20-14-7-3-11(9-15(14)21-2)4-8-16(19)18-13(10-17)12-5-6-12;/h3,7,9,12-13H,4-6,8,10,17H2,1-2H3,(H,18,19);1H. The average molecular weight is 329 g/mol. The van der Waals surface area contributed by atoms with Gasteiger partial charge in [0, 0.05) is 19.0 Å². The molecule has 1 atom stereocenters. The predicted octanol–water partition coefficient (Wildman–Crippen LogP) is 1.91. The average Bonchev–Trinajstić information content (AvgIpc) is 3.34. The lowest BCUT2D eigenvalue weighted by molar-refractivity contribution is -0.121. The fraction of sp³-hybridized carbons (Fsp3) is 0.562. The third-order valence-electron chi connectivity index (χ3n) is 3.88. The van der Waals surface area contributed by atoms with Crippen LogP contribution in [0.2, 0.25) is 0 Å². The summed E-state index contributed by atoms with van der Waals surface area (Å²) in [6.45, 7) is 0.521. The molecule has 0 aliphatic heterocycles. The monoisotopic (exact) mass is 328 g/mol. The van der Waals surface area contributed by atoms with Crippen LogP contribution >= 0.6 is 12.4 Å². The van der Waals surface area contributed by atoms with Crippen LogP contribution in [-0.2, 0) is 11.2 Å². The molecule has 1 aliphatic rings. The molecule has 0 aromatic heterocycles. The number of carbonyl (C=O) groups excluding carboxylic acids is 1. The molecule has 1 amide bonds. The van der Waals surface area contributed by atoms with Crippen LogP contribution in [0, 0.1) is 5.92 Å². The highest BCUT2D eigenvalue weighted by molar-refractivity contribution is 5.85. The topological polar surface area (TPSA) is 73.6 Å². The summed E-state index contributed by atoms with van der Waals surface area (Å²) < 4.78 is 10.5. The molecule has 1 aliphatic carbocycles. The first-order valence-electron chi connectivity index (χ1n) is 7.38. The summed E-state index contributed by atoms with van der Waals surface area (Å²) in [6, 6.07) is 5.87. The highest BCUT2D eigenvalue weighted by atomic mass is 35.5. The van der Waals surface area contributed by atoms with E-state index < -0.39 is 0 Å². The zero-order valence-electron chi connectivity index (χ0n) is 13.1. The minimum Gasteiger partial charge on any atom is -0.493 e. The molecular weight excluding hydrogens is 304 g/mol. The minimum absolute atomic E-state index is 0. The van der Waals surface area contributed by atoms with Gasteiger partial charge in [0.25, 0.3) is 0 Å². The zero-order valence-corrected chi connectivity index (χ0v) is 13.9. The molecule has 0 radical (unpaired) electrons. The third-order valence-corrected chi connectivity index (χ3v) is 3.88. The van der Waals surface area contributed by atoms with Crippen molar-refractivity contribution in [2.75, 3.05) is 20.8 Å². The number of rotatable bonds is 8. The SMILES string of the molecule is COc1ccc(CCC(=O)NC(CN)C2CC2)cc1OC.Cl. The van der Waals surface area contributed by atoms with Crippen LogP contribution in [-0.4, -0.2) is 32.7 Å². The number of carbonyl (C=O) groups is 1. The molecule has 0 saturated heterocycles. The Kier molecular flexibility index (Phi) is 7.48. The van der Waals surface area contributed by atoms with Crippen molar-refractivity contribution in [1.29, 1.82) is 0 Å². The van der Waals surface area contributed by atoms with Crippen LogP contribution in [0.15, 0.2) is 18.2 Å². The van der Waals surface area contributed by atoms with Crippen LogP contribution in [0.25, 0.3) is 0 Å². The van der Waals surface area contributed by atoms with E-state index >= 15 is 0 Å². The van der Waals surface area contributed by atoms with Gasteiger partial charge < -0.3 is 20.5 Å². The Morgan fingerprint density at radius 1 is 1.32 bits per heavy atom. The van der Waals surface area contributed by atoms with Crippen LogP contribution in [0.4, 0.5) is 0 Å². The number of amides is 1. The second kappa shape index (κ2) is 8.86. The lowest BCUT2D eigenvalue weighted by Crippen LogP contribution is -2.41. The number of ether oxygens (including phenoxy) is 2. The van der Waals surface area contributed by atoms with Crippen molar-refractivity contribution in [3.05, 3.63) is 23.8 Å². The number of nitrogens with one attached hydrogen (secondary N) is 1. The van der Waals surface area contributed by atoms with Gasteiger partial charge in [-0.15, -0.1) is 12.4 Å². The Hall–Kier alpha value is -1.46. The van der Waals surface area contributed by atoms with Gasteiger partial charge in [-0.2, -0.15) is 0 Å². The molecule has 0 bridgehead atoms. The summed E-state index contributed by atoms with van der Waals surface area (Å²) in [6.07, 6.45) is 3.49. The molecule has 22 heavy (non-hydrogen) atoms. The van der Waals surface area contributed by atoms with Gasteiger partial charge in [-0.25, -0.2) is 0 Å². The molecule has 124 valence electrons. The lowest BCUT2D eigenvalue weighted by Gasteiger charge is -2.16. The maximum Gasteiger partial charge on any atom is 0.220 e. The van der Waals surface area contributed by atoms with Crippen LogP contribution in [0.3, 0.4) is 0 Å². The molecule has 2 rings (SSSR count). The molecular formula is C16H25ClN2O3. The molecule has 0 heterocycles. The fourth-order valence-corrected chi connectivity index (χ4v) is 2.44. The molecule has 5 nitrogen and oxygen atoms in total. The van der Waals surface area contributed by atoms with E-state index in [4.69, 9.17) is 15.2 Å². The van der Waals surface area contributed by atoms with E-state index in [9.17, 15) is 4.79 Å². The number of hydrogen-bond acceptors (Lipinski definition) is 4. The first-order valence-corrected chi connectivity index (χ1v) is 7.38. The van der Waals surface area contributed by atoms with Gasteiger partial charge in [0.1, 0.15) is 0 Å².